The van der Waals surface area contributed by atoms with Gasteiger partial charge in [0.1, 0.15) is 5.75 Å². The van der Waals surface area contributed by atoms with Gasteiger partial charge in [0.2, 0.25) is 0 Å². The van der Waals surface area contributed by atoms with Crippen molar-refractivity contribution in [3.63, 3.8) is 0 Å². The number of sulfonamides is 1. The predicted octanol–water partition coefficient (Wildman–Crippen LogP) is 4.02. The van der Waals surface area contributed by atoms with Crippen LogP contribution in [0.2, 0.25) is 5.02 Å². The van der Waals surface area contributed by atoms with E-state index in [1.54, 1.807) is 0 Å². The molecule has 0 saturated carbocycles. The molecule has 0 heterocycles. The summed E-state index contributed by atoms with van der Waals surface area (Å²) in [4.78, 5) is 11.0. The van der Waals surface area contributed by atoms with Crippen LogP contribution in [0.15, 0.2) is 47.4 Å². The van der Waals surface area contributed by atoms with Crippen molar-refractivity contribution in [3.8, 4) is 5.75 Å². The maximum Gasteiger partial charge on any atom is 0.335 e. The third-order valence-corrected chi connectivity index (χ3v) is 5.02. The molecule has 2 aromatic carbocycles. The zero-order chi connectivity index (χ0) is 18.4. The Kier molecular flexibility index (Phi) is 6.27. The molecule has 6 nitrogen and oxygen atoms in total. The number of hydrogen-bond acceptors (Lipinski definition) is 4. The second kappa shape index (κ2) is 8.22. The van der Waals surface area contributed by atoms with E-state index in [9.17, 15) is 13.2 Å². The van der Waals surface area contributed by atoms with Crippen molar-refractivity contribution >= 4 is 33.3 Å². The lowest BCUT2D eigenvalue weighted by atomic mass is 10.2. The lowest BCUT2D eigenvalue weighted by Gasteiger charge is -2.12. The monoisotopic (exact) mass is 383 g/mol. The number of anilines is 1. The molecule has 0 bridgehead atoms. The number of carboxylic acid groups (broad SMARTS) is 1. The normalized spacial score (nSPS) is 11.1. The number of ether oxygens (including phenoxy) is 1. The van der Waals surface area contributed by atoms with Crippen molar-refractivity contribution in [2.75, 3.05) is 11.3 Å². The van der Waals surface area contributed by atoms with E-state index >= 15 is 0 Å². The van der Waals surface area contributed by atoms with E-state index in [2.05, 4.69) is 4.72 Å². The Morgan fingerprint density at radius 3 is 2.68 bits per heavy atom. The van der Waals surface area contributed by atoms with Gasteiger partial charge in [0.15, 0.2) is 0 Å². The van der Waals surface area contributed by atoms with Crippen LogP contribution in [0.3, 0.4) is 0 Å². The number of aromatic carboxylic acids is 1. The molecular weight excluding hydrogens is 366 g/mol. The minimum atomic E-state index is -3.91. The van der Waals surface area contributed by atoms with Crippen LogP contribution in [0, 0.1) is 0 Å². The summed E-state index contributed by atoms with van der Waals surface area (Å²) in [7, 11) is -3.91. The number of nitrogens with one attached hydrogen (secondary N) is 1. The molecule has 2 aromatic rings. The summed E-state index contributed by atoms with van der Waals surface area (Å²) in [6.07, 6.45) is 1.77. The molecule has 2 N–H and O–H groups in total. The van der Waals surface area contributed by atoms with Crippen molar-refractivity contribution in [1.82, 2.24) is 0 Å². The van der Waals surface area contributed by atoms with Gasteiger partial charge in [-0.1, -0.05) is 31.0 Å². The first-order chi connectivity index (χ1) is 11.8. The van der Waals surface area contributed by atoms with E-state index in [0.29, 0.717) is 11.6 Å². The molecule has 0 aliphatic carbocycles. The van der Waals surface area contributed by atoms with Gasteiger partial charge >= 0.3 is 5.97 Å². The van der Waals surface area contributed by atoms with E-state index in [4.69, 9.17) is 21.4 Å². The number of carbonyl (C=O) groups is 1. The summed E-state index contributed by atoms with van der Waals surface area (Å²) in [5.41, 5.74) is 0.142. The third kappa shape index (κ3) is 5.11. The highest BCUT2D eigenvalue weighted by molar-refractivity contribution is 7.92. The van der Waals surface area contributed by atoms with Crippen molar-refractivity contribution in [1.29, 1.82) is 0 Å². The fourth-order valence-corrected chi connectivity index (χ4v) is 3.25. The van der Waals surface area contributed by atoms with Gasteiger partial charge in [0.05, 0.1) is 22.1 Å². The van der Waals surface area contributed by atoms with E-state index < -0.39 is 16.0 Å². The minimum absolute atomic E-state index is 0.0140. The molecule has 0 radical (unpaired) electrons. The molecule has 0 atom stereocenters. The van der Waals surface area contributed by atoms with Crippen molar-refractivity contribution in [2.24, 2.45) is 0 Å². The second-order valence-corrected chi connectivity index (χ2v) is 7.38. The van der Waals surface area contributed by atoms with Gasteiger partial charge in [-0.3, -0.25) is 4.72 Å². The van der Waals surface area contributed by atoms with Crippen LogP contribution in [0.25, 0.3) is 0 Å². The Bertz CT molecular complexity index is 867. The third-order valence-electron chi connectivity index (χ3n) is 3.33. The van der Waals surface area contributed by atoms with Crippen LogP contribution < -0.4 is 9.46 Å². The van der Waals surface area contributed by atoms with Gasteiger partial charge < -0.3 is 9.84 Å². The lowest BCUT2D eigenvalue weighted by molar-refractivity contribution is 0.0697. The molecular formula is C17H18ClNO5S. The summed E-state index contributed by atoms with van der Waals surface area (Å²) in [6.45, 7) is 2.45. The first kappa shape index (κ1) is 19.1. The maximum absolute atomic E-state index is 12.5. The molecule has 0 spiro atoms. The Morgan fingerprint density at radius 1 is 1.24 bits per heavy atom. The summed E-state index contributed by atoms with van der Waals surface area (Å²) >= 11 is 6.04. The van der Waals surface area contributed by atoms with Crippen LogP contribution in [0.5, 0.6) is 5.75 Å². The van der Waals surface area contributed by atoms with Crippen LogP contribution in [-0.4, -0.2) is 26.1 Å². The molecule has 0 fully saturated rings. The van der Waals surface area contributed by atoms with Gasteiger partial charge in [-0.15, -0.1) is 0 Å². The Hall–Kier alpha value is -2.25. The number of halogens is 1. The van der Waals surface area contributed by atoms with Crippen molar-refractivity contribution in [2.45, 2.75) is 24.7 Å². The lowest BCUT2D eigenvalue weighted by Crippen LogP contribution is -2.13. The SMILES string of the molecule is CCCCOc1cc(S(=O)(=O)Nc2cccc(C(=O)O)c2)ccc1Cl. The van der Waals surface area contributed by atoms with Crippen molar-refractivity contribution in [3.05, 3.63) is 53.1 Å². The van der Waals surface area contributed by atoms with Crippen LogP contribution >= 0.6 is 11.6 Å². The average Bonchev–Trinajstić information content (AvgIpc) is 2.56. The fourth-order valence-electron chi connectivity index (χ4n) is 2.02. The molecule has 25 heavy (non-hydrogen) atoms. The number of hydrogen-bond donors (Lipinski definition) is 2. The number of unbranched alkanes of at least 4 members (excludes halogenated alkanes) is 1. The molecule has 134 valence electrons. The summed E-state index contributed by atoms with van der Waals surface area (Å²) in [5.74, 6) is -0.851. The summed E-state index contributed by atoms with van der Waals surface area (Å²) < 4.78 is 32.9. The molecule has 0 unspecified atom stereocenters. The van der Waals surface area contributed by atoms with Gasteiger partial charge in [-0.25, -0.2) is 13.2 Å². The zero-order valence-corrected chi connectivity index (χ0v) is 15.1. The predicted molar refractivity (Wildman–Crippen MR) is 96.1 cm³/mol. The number of carboxylic acids is 1. The van der Waals surface area contributed by atoms with Gasteiger partial charge in [0.25, 0.3) is 10.0 Å². The Balaban J connectivity index is 2.25. The number of benzene rings is 2. The highest BCUT2D eigenvalue weighted by Gasteiger charge is 2.17. The largest absolute Gasteiger partial charge is 0.492 e. The molecule has 0 aliphatic heterocycles. The van der Waals surface area contributed by atoms with Crippen LogP contribution in [-0.2, 0) is 10.0 Å². The highest BCUT2D eigenvalue weighted by atomic mass is 35.5. The Labute approximate surface area is 151 Å². The topological polar surface area (TPSA) is 92.7 Å². The first-order valence-corrected chi connectivity index (χ1v) is 9.48. The maximum atomic E-state index is 12.5. The molecule has 8 heteroatoms. The standard InChI is InChI=1S/C17H18ClNO5S/c1-2-3-9-24-16-11-14(7-8-15(16)18)25(22,23)19-13-6-4-5-12(10-13)17(20)21/h4-8,10-11,19H,2-3,9H2,1H3,(H,20,21). The zero-order valence-electron chi connectivity index (χ0n) is 13.5. The molecule has 0 aromatic heterocycles. The van der Waals surface area contributed by atoms with Crippen molar-refractivity contribution < 1.29 is 23.1 Å². The quantitative estimate of drug-likeness (QED) is 0.671. The molecule has 0 saturated heterocycles. The van der Waals surface area contributed by atoms with Gasteiger partial charge in [0, 0.05) is 11.8 Å². The Morgan fingerprint density at radius 2 is 2.00 bits per heavy atom. The van der Waals surface area contributed by atoms with E-state index in [1.165, 1.54) is 42.5 Å². The summed E-state index contributed by atoms with van der Waals surface area (Å²) in [6, 6.07) is 9.71. The molecule has 0 aliphatic rings. The molecule has 2 rings (SSSR count). The first-order valence-electron chi connectivity index (χ1n) is 7.62. The number of rotatable bonds is 8. The smallest absolute Gasteiger partial charge is 0.335 e. The van der Waals surface area contributed by atoms with E-state index in [1.807, 2.05) is 6.92 Å². The minimum Gasteiger partial charge on any atom is -0.492 e. The van der Waals surface area contributed by atoms with Crippen LogP contribution in [0.4, 0.5) is 5.69 Å². The van der Waals surface area contributed by atoms with E-state index in [-0.39, 0.29) is 21.9 Å². The molecule has 0 amide bonds. The van der Waals surface area contributed by atoms with Gasteiger partial charge in [-0.2, -0.15) is 0 Å². The van der Waals surface area contributed by atoms with Gasteiger partial charge in [-0.05, 0) is 36.8 Å². The summed E-state index contributed by atoms with van der Waals surface area (Å²) in [5, 5.41) is 9.31. The average molecular weight is 384 g/mol. The fraction of sp³-hybridized carbons (Fsp3) is 0.235. The second-order valence-electron chi connectivity index (χ2n) is 5.29. The van der Waals surface area contributed by atoms with E-state index in [0.717, 1.165) is 12.8 Å². The van der Waals surface area contributed by atoms with Crippen LogP contribution in [0.1, 0.15) is 30.1 Å². The highest BCUT2D eigenvalue weighted by Crippen LogP contribution is 2.28.